The molecule has 1 saturated heterocycles. The van der Waals surface area contributed by atoms with Crippen LogP contribution in [0, 0.1) is 6.92 Å². The smallest absolute Gasteiger partial charge is 0.0995 e. The Labute approximate surface area is 72.6 Å². The van der Waals surface area contributed by atoms with Crippen molar-refractivity contribution in [3.8, 4) is 0 Å². The van der Waals surface area contributed by atoms with E-state index in [0.717, 1.165) is 18.7 Å². The minimum Gasteiger partial charge on any atom is -0.372 e. The van der Waals surface area contributed by atoms with Crippen molar-refractivity contribution in [3.63, 3.8) is 0 Å². The van der Waals surface area contributed by atoms with Crippen molar-refractivity contribution in [2.75, 3.05) is 6.61 Å². The van der Waals surface area contributed by atoms with Gasteiger partial charge in [0.25, 0.3) is 0 Å². The lowest BCUT2D eigenvalue weighted by molar-refractivity contribution is 0.108. The van der Waals surface area contributed by atoms with Gasteiger partial charge in [-0.1, -0.05) is 6.07 Å². The maximum atomic E-state index is 5.52. The first kappa shape index (κ1) is 7.74. The molecule has 12 heavy (non-hydrogen) atoms. The molecule has 0 aromatic carbocycles. The summed E-state index contributed by atoms with van der Waals surface area (Å²) < 4.78 is 5.52. The first-order chi connectivity index (χ1) is 5.86. The van der Waals surface area contributed by atoms with Crippen LogP contribution >= 0.6 is 0 Å². The van der Waals surface area contributed by atoms with Gasteiger partial charge in [0, 0.05) is 12.8 Å². The summed E-state index contributed by atoms with van der Waals surface area (Å²) in [5.41, 5.74) is 2.29. The quantitative estimate of drug-likeness (QED) is 0.633. The molecule has 2 heteroatoms. The van der Waals surface area contributed by atoms with Gasteiger partial charge in [0.1, 0.15) is 0 Å². The molecule has 1 atom stereocenters. The molecule has 2 nitrogen and oxygen atoms in total. The third kappa shape index (κ3) is 1.48. The van der Waals surface area contributed by atoms with Crippen molar-refractivity contribution in [1.29, 1.82) is 0 Å². The molecule has 0 spiro atoms. The van der Waals surface area contributed by atoms with Crippen LogP contribution in [0.15, 0.2) is 18.3 Å². The van der Waals surface area contributed by atoms with E-state index in [1.54, 1.807) is 0 Å². The van der Waals surface area contributed by atoms with Gasteiger partial charge in [0.15, 0.2) is 0 Å². The van der Waals surface area contributed by atoms with E-state index >= 15 is 0 Å². The van der Waals surface area contributed by atoms with E-state index < -0.39 is 0 Å². The van der Waals surface area contributed by atoms with Crippen LogP contribution in [0.4, 0.5) is 0 Å². The summed E-state index contributed by atoms with van der Waals surface area (Å²) in [5, 5.41) is 0. The van der Waals surface area contributed by atoms with Crippen molar-refractivity contribution < 1.29 is 4.74 Å². The SMILES string of the molecule is Cc1ccc(C2CCCO2)nc1. The third-order valence-electron chi connectivity index (χ3n) is 2.19. The maximum absolute atomic E-state index is 5.52. The molecule has 0 radical (unpaired) electrons. The summed E-state index contributed by atoms with van der Waals surface area (Å²) in [5.74, 6) is 0. The molecule has 2 heterocycles. The van der Waals surface area contributed by atoms with Crippen LogP contribution in [-0.2, 0) is 4.74 Å². The summed E-state index contributed by atoms with van der Waals surface area (Å²) in [6.07, 6.45) is 4.44. The van der Waals surface area contributed by atoms with Crippen molar-refractivity contribution in [3.05, 3.63) is 29.6 Å². The van der Waals surface area contributed by atoms with Gasteiger partial charge in [0.05, 0.1) is 11.8 Å². The Morgan fingerprint density at radius 1 is 1.50 bits per heavy atom. The van der Waals surface area contributed by atoms with Gasteiger partial charge in [-0.05, 0) is 31.4 Å². The topological polar surface area (TPSA) is 22.1 Å². The molecule has 0 saturated carbocycles. The zero-order valence-electron chi connectivity index (χ0n) is 7.29. The zero-order valence-corrected chi connectivity index (χ0v) is 7.29. The van der Waals surface area contributed by atoms with Crippen molar-refractivity contribution in [2.45, 2.75) is 25.9 Å². The van der Waals surface area contributed by atoms with Crippen LogP contribution in [0.25, 0.3) is 0 Å². The molecule has 2 rings (SSSR count). The lowest BCUT2D eigenvalue weighted by Crippen LogP contribution is -1.98. The van der Waals surface area contributed by atoms with Crippen LogP contribution in [0.5, 0.6) is 0 Å². The van der Waals surface area contributed by atoms with Gasteiger partial charge in [-0.15, -0.1) is 0 Å². The highest BCUT2D eigenvalue weighted by atomic mass is 16.5. The van der Waals surface area contributed by atoms with E-state index in [2.05, 4.69) is 17.1 Å². The lowest BCUT2D eigenvalue weighted by Gasteiger charge is -2.07. The standard InChI is InChI=1S/C10H13NO/c1-8-4-5-9(11-7-8)10-3-2-6-12-10/h4-5,7,10H,2-3,6H2,1H3. The minimum atomic E-state index is 0.255. The van der Waals surface area contributed by atoms with Crippen LogP contribution in [0.2, 0.25) is 0 Å². The first-order valence-electron chi connectivity index (χ1n) is 4.40. The molecule has 1 aliphatic heterocycles. The Kier molecular flexibility index (Phi) is 2.09. The molecule has 1 aliphatic rings. The Hall–Kier alpha value is -0.890. The summed E-state index contributed by atoms with van der Waals surface area (Å²) in [4.78, 5) is 4.34. The normalized spacial score (nSPS) is 22.9. The highest BCUT2D eigenvalue weighted by Crippen LogP contribution is 2.26. The number of pyridine rings is 1. The van der Waals surface area contributed by atoms with Crippen LogP contribution in [0.3, 0.4) is 0 Å². The Balaban J connectivity index is 2.17. The highest BCUT2D eigenvalue weighted by molar-refractivity contribution is 5.14. The monoisotopic (exact) mass is 163 g/mol. The van der Waals surface area contributed by atoms with Gasteiger partial charge in [-0.3, -0.25) is 4.98 Å². The van der Waals surface area contributed by atoms with Gasteiger partial charge in [-0.25, -0.2) is 0 Å². The Morgan fingerprint density at radius 3 is 3.00 bits per heavy atom. The number of hydrogen-bond acceptors (Lipinski definition) is 2. The molecular weight excluding hydrogens is 150 g/mol. The van der Waals surface area contributed by atoms with E-state index in [4.69, 9.17) is 4.74 Å². The fraction of sp³-hybridized carbons (Fsp3) is 0.500. The average Bonchev–Trinajstić information content (AvgIpc) is 2.58. The molecule has 0 bridgehead atoms. The molecule has 1 aromatic rings. The van der Waals surface area contributed by atoms with Crippen LogP contribution in [-0.4, -0.2) is 11.6 Å². The fourth-order valence-electron chi connectivity index (χ4n) is 1.48. The van der Waals surface area contributed by atoms with Crippen molar-refractivity contribution in [1.82, 2.24) is 4.98 Å². The van der Waals surface area contributed by atoms with E-state index in [1.165, 1.54) is 12.0 Å². The number of rotatable bonds is 1. The van der Waals surface area contributed by atoms with E-state index in [0.29, 0.717) is 0 Å². The summed E-state index contributed by atoms with van der Waals surface area (Å²) in [6.45, 7) is 2.94. The number of aryl methyl sites for hydroxylation is 1. The van der Waals surface area contributed by atoms with Gasteiger partial charge < -0.3 is 4.74 Å². The van der Waals surface area contributed by atoms with Gasteiger partial charge in [0.2, 0.25) is 0 Å². The Morgan fingerprint density at radius 2 is 2.42 bits per heavy atom. The molecule has 0 aliphatic carbocycles. The predicted molar refractivity (Wildman–Crippen MR) is 46.9 cm³/mol. The van der Waals surface area contributed by atoms with Crippen molar-refractivity contribution in [2.24, 2.45) is 0 Å². The fourth-order valence-corrected chi connectivity index (χ4v) is 1.48. The lowest BCUT2D eigenvalue weighted by atomic mass is 10.1. The molecule has 1 fully saturated rings. The molecule has 64 valence electrons. The maximum Gasteiger partial charge on any atom is 0.0995 e. The molecule has 1 unspecified atom stereocenters. The second kappa shape index (κ2) is 3.23. The van der Waals surface area contributed by atoms with Gasteiger partial charge in [-0.2, -0.15) is 0 Å². The molecular formula is C10H13NO. The first-order valence-corrected chi connectivity index (χ1v) is 4.40. The number of ether oxygens (including phenoxy) is 1. The zero-order chi connectivity index (χ0) is 8.39. The molecule has 0 N–H and O–H groups in total. The number of aromatic nitrogens is 1. The minimum absolute atomic E-state index is 0.255. The van der Waals surface area contributed by atoms with E-state index in [1.807, 2.05) is 13.1 Å². The van der Waals surface area contributed by atoms with Crippen LogP contribution < -0.4 is 0 Å². The highest BCUT2D eigenvalue weighted by Gasteiger charge is 2.18. The van der Waals surface area contributed by atoms with Gasteiger partial charge >= 0.3 is 0 Å². The van der Waals surface area contributed by atoms with E-state index in [9.17, 15) is 0 Å². The number of hydrogen-bond donors (Lipinski definition) is 0. The molecule has 0 amide bonds. The van der Waals surface area contributed by atoms with Crippen LogP contribution in [0.1, 0.15) is 30.2 Å². The summed E-state index contributed by atoms with van der Waals surface area (Å²) in [7, 11) is 0. The third-order valence-corrected chi connectivity index (χ3v) is 2.19. The summed E-state index contributed by atoms with van der Waals surface area (Å²) >= 11 is 0. The predicted octanol–water partition coefficient (Wildman–Crippen LogP) is 2.24. The molecule has 1 aromatic heterocycles. The van der Waals surface area contributed by atoms with E-state index in [-0.39, 0.29) is 6.10 Å². The van der Waals surface area contributed by atoms with Crippen molar-refractivity contribution >= 4 is 0 Å². The second-order valence-corrected chi connectivity index (χ2v) is 3.26. The summed E-state index contributed by atoms with van der Waals surface area (Å²) in [6, 6.07) is 4.15. The number of nitrogens with zero attached hydrogens (tertiary/aromatic N) is 1. The Bertz CT molecular complexity index is 249. The second-order valence-electron chi connectivity index (χ2n) is 3.26. The average molecular weight is 163 g/mol. The largest absolute Gasteiger partial charge is 0.372 e.